The molecule has 3 nitrogen and oxygen atoms in total. The quantitative estimate of drug-likeness (QED) is 0.793. The zero-order chi connectivity index (χ0) is 15.8. The largest absolute Gasteiger partial charge is 0.392 e. The molecule has 1 atom stereocenters. The highest BCUT2D eigenvalue weighted by molar-refractivity contribution is 7.12. The molecule has 0 spiro atoms. The second-order valence-electron chi connectivity index (χ2n) is 5.87. The fourth-order valence-electron chi connectivity index (χ4n) is 2.84. The summed E-state index contributed by atoms with van der Waals surface area (Å²) in [6.07, 6.45) is -4.35. The number of rotatable bonds is 1. The van der Waals surface area contributed by atoms with Crippen LogP contribution in [-0.2, 0) is 0 Å². The van der Waals surface area contributed by atoms with Crippen molar-refractivity contribution in [1.29, 1.82) is 5.26 Å². The topological polar surface area (TPSA) is 44.1 Å². The lowest BCUT2D eigenvalue weighted by atomic mass is 9.73. The summed E-state index contributed by atoms with van der Waals surface area (Å²) in [4.78, 5) is 14.1. The number of hydrogen-bond acceptors (Lipinski definition) is 3. The molecule has 7 heteroatoms. The molecule has 0 radical (unpaired) electrons. The Morgan fingerprint density at radius 1 is 1.52 bits per heavy atom. The van der Waals surface area contributed by atoms with E-state index in [4.69, 9.17) is 5.26 Å². The lowest BCUT2D eigenvalue weighted by Gasteiger charge is -2.44. The van der Waals surface area contributed by atoms with Gasteiger partial charge in [0.1, 0.15) is 10.9 Å². The van der Waals surface area contributed by atoms with Gasteiger partial charge >= 0.3 is 6.18 Å². The summed E-state index contributed by atoms with van der Waals surface area (Å²) in [5, 5.41) is 10.6. The molecule has 0 aromatic carbocycles. The molecule has 2 rings (SSSR count). The molecular formula is C14H15F3N2OS. The highest BCUT2D eigenvalue weighted by Crippen LogP contribution is 2.45. The summed E-state index contributed by atoms with van der Waals surface area (Å²) in [6, 6.07) is 3.48. The van der Waals surface area contributed by atoms with E-state index in [1.165, 1.54) is 18.7 Å². The molecule has 0 N–H and O–H groups in total. The molecule has 1 fully saturated rings. The number of piperidine rings is 1. The average Bonchev–Trinajstić information content (AvgIpc) is 2.83. The predicted molar refractivity (Wildman–Crippen MR) is 72.9 cm³/mol. The second-order valence-corrected chi connectivity index (χ2v) is 6.79. The molecule has 0 bridgehead atoms. The molecule has 21 heavy (non-hydrogen) atoms. The standard InChI is InChI=1S/C14H15F3N2OS/c1-13(2)8-19(5-3-10(13)14(15,16)17)12(20)11-9(7-18)4-6-21-11/h4,6,10H,3,5,8H2,1-2H3/t10-/m1/s1. The first-order valence-corrected chi connectivity index (χ1v) is 7.38. The molecule has 1 aliphatic rings. The number of halogens is 3. The van der Waals surface area contributed by atoms with Crippen LogP contribution in [0.4, 0.5) is 13.2 Å². The van der Waals surface area contributed by atoms with Gasteiger partial charge in [-0.15, -0.1) is 11.3 Å². The van der Waals surface area contributed by atoms with Gasteiger partial charge in [-0.25, -0.2) is 0 Å². The van der Waals surface area contributed by atoms with E-state index in [-0.39, 0.29) is 31.0 Å². The van der Waals surface area contributed by atoms with E-state index in [2.05, 4.69) is 0 Å². The third kappa shape index (κ3) is 3.05. The van der Waals surface area contributed by atoms with E-state index in [1.807, 2.05) is 6.07 Å². The first-order chi connectivity index (χ1) is 9.66. The van der Waals surface area contributed by atoms with Gasteiger partial charge in [0, 0.05) is 13.1 Å². The predicted octanol–water partition coefficient (Wildman–Crippen LogP) is 3.67. The number of nitrogens with zero attached hydrogens (tertiary/aromatic N) is 2. The molecule has 0 aliphatic carbocycles. The summed E-state index contributed by atoms with van der Waals surface area (Å²) < 4.78 is 39.0. The lowest BCUT2D eigenvalue weighted by molar-refractivity contribution is -0.214. The van der Waals surface area contributed by atoms with Crippen LogP contribution >= 0.6 is 11.3 Å². The number of thiophene rings is 1. The van der Waals surface area contributed by atoms with Crippen LogP contribution in [0, 0.1) is 22.7 Å². The normalized spacial score (nSPS) is 21.9. The maximum absolute atomic E-state index is 13.0. The Labute approximate surface area is 125 Å². The Bertz CT molecular complexity index is 586. The SMILES string of the molecule is CC1(C)CN(C(=O)c2sccc2C#N)CC[C@H]1C(F)(F)F. The van der Waals surface area contributed by atoms with Crippen molar-refractivity contribution in [2.75, 3.05) is 13.1 Å². The molecule has 1 amide bonds. The van der Waals surface area contributed by atoms with E-state index in [0.29, 0.717) is 4.88 Å². The molecule has 0 saturated carbocycles. The monoisotopic (exact) mass is 316 g/mol. The molecule has 1 aromatic rings. The molecule has 114 valence electrons. The molecule has 2 heterocycles. The minimum Gasteiger partial charge on any atom is -0.337 e. The van der Waals surface area contributed by atoms with Crippen LogP contribution in [0.5, 0.6) is 0 Å². The zero-order valence-corrected chi connectivity index (χ0v) is 12.5. The van der Waals surface area contributed by atoms with Crippen molar-refractivity contribution in [3.8, 4) is 6.07 Å². The van der Waals surface area contributed by atoms with Crippen molar-refractivity contribution in [2.24, 2.45) is 11.3 Å². The van der Waals surface area contributed by atoms with E-state index >= 15 is 0 Å². The fourth-order valence-corrected chi connectivity index (χ4v) is 3.65. The highest BCUT2D eigenvalue weighted by atomic mass is 32.1. The van der Waals surface area contributed by atoms with Gasteiger partial charge in [-0.3, -0.25) is 4.79 Å². The third-order valence-electron chi connectivity index (χ3n) is 3.89. The van der Waals surface area contributed by atoms with Crippen LogP contribution in [-0.4, -0.2) is 30.1 Å². The van der Waals surface area contributed by atoms with Crippen molar-refractivity contribution >= 4 is 17.2 Å². The molecule has 1 aromatic heterocycles. The van der Waals surface area contributed by atoms with Crippen LogP contribution in [0.3, 0.4) is 0 Å². The number of carbonyl (C=O) groups is 1. The van der Waals surface area contributed by atoms with Crippen LogP contribution in [0.2, 0.25) is 0 Å². The van der Waals surface area contributed by atoms with E-state index < -0.39 is 17.5 Å². The van der Waals surface area contributed by atoms with E-state index in [9.17, 15) is 18.0 Å². The average molecular weight is 316 g/mol. The van der Waals surface area contributed by atoms with E-state index in [1.54, 1.807) is 11.4 Å². The third-order valence-corrected chi connectivity index (χ3v) is 4.79. The van der Waals surface area contributed by atoms with Crippen molar-refractivity contribution < 1.29 is 18.0 Å². The highest BCUT2D eigenvalue weighted by Gasteiger charge is 2.51. The van der Waals surface area contributed by atoms with Gasteiger partial charge in [-0.2, -0.15) is 18.4 Å². The molecule has 0 unspecified atom stereocenters. The lowest BCUT2D eigenvalue weighted by Crippen LogP contribution is -2.52. The van der Waals surface area contributed by atoms with Crippen molar-refractivity contribution in [1.82, 2.24) is 4.90 Å². The van der Waals surface area contributed by atoms with Crippen LogP contribution in [0.25, 0.3) is 0 Å². The smallest absolute Gasteiger partial charge is 0.337 e. The van der Waals surface area contributed by atoms with Gasteiger partial charge in [-0.05, 0) is 23.3 Å². The second kappa shape index (κ2) is 5.34. The molecule has 1 saturated heterocycles. The summed E-state index contributed by atoms with van der Waals surface area (Å²) in [6.45, 7) is 3.17. The Balaban J connectivity index is 2.19. The fraction of sp³-hybridized carbons (Fsp3) is 0.571. The number of nitriles is 1. The van der Waals surface area contributed by atoms with Crippen LogP contribution < -0.4 is 0 Å². The maximum Gasteiger partial charge on any atom is 0.392 e. The summed E-state index contributed by atoms with van der Waals surface area (Å²) in [5.74, 6) is -1.76. The number of alkyl halides is 3. The number of amides is 1. The Hall–Kier alpha value is -1.55. The summed E-state index contributed by atoms with van der Waals surface area (Å²) >= 11 is 1.15. The van der Waals surface area contributed by atoms with Gasteiger partial charge in [0.05, 0.1) is 11.5 Å². The van der Waals surface area contributed by atoms with Crippen molar-refractivity contribution in [2.45, 2.75) is 26.4 Å². The Morgan fingerprint density at radius 2 is 2.19 bits per heavy atom. The van der Waals surface area contributed by atoms with Crippen LogP contribution in [0.15, 0.2) is 11.4 Å². The summed E-state index contributed by atoms with van der Waals surface area (Å²) in [7, 11) is 0. The van der Waals surface area contributed by atoms with Crippen molar-refractivity contribution in [3.63, 3.8) is 0 Å². The van der Waals surface area contributed by atoms with Gasteiger partial charge in [0.25, 0.3) is 5.91 Å². The summed E-state index contributed by atoms with van der Waals surface area (Å²) in [5.41, 5.74) is -0.753. The minimum absolute atomic E-state index is 0.0405. The Morgan fingerprint density at radius 3 is 2.71 bits per heavy atom. The van der Waals surface area contributed by atoms with Gasteiger partial charge < -0.3 is 4.90 Å². The molecule has 1 aliphatic heterocycles. The maximum atomic E-state index is 13.0. The first kappa shape index (κ1) is 15.8. The number of hydrogen-bond donors (Lipinski definition) is 0. The minimum atomic E-state index is -4.25. The first-order valence-electron chi connectivity index (χ1n) is 6.50. The van der Waals surface area contributed by atoms with Crippen molar-refractivity contribution in [3.05, 3.63) is 21.9 Å². The van der Waals surface area contributed by atoms with Gasteiger partial charge in [0.15, 0.2) is 0 Å². The number of likely N-dealkylation sites (tertiary alicyclic amines) is 1. The molecular weight excluding hydrogens is 301 g/mol. The van der Waals surface area contributed by atoms with Gasteiger partial charge in [-0.1, -0.05) is 13.8 Å². The van der Waals surface area contributed by atoms with Gasteiger partial charge in [0.2, 0.25) is 0 Å². The number of carbonyl (C=O) groups excluding carboxylic acids is 1. The van der Waals surface area contributed by atoms with Crippen LogP contribution in [0.1, 0.15) is 35.5 Å². The Kier molecular flexibility index (Phi) is 4.02. The van der Waals surface area contributed by atoms with E-state index in [0.717, 1.165) is 11.3 Å². The zero-order valence-electron chi connectivity index (χ0n) is 11.7.